The van der Waals surface area contributed by atoms with E-state index in [-0.39, 0.29) is 10.6 Å². The first-order valence-electron chi connectivity index (χ1n) is 8.15. The summed E-state index contributed by atoms with van der Waals surface area (Å²) < 4.78 is 51.1. The van der Waals surface area contributed by atoms with E-state index < -0.39 is 21.9 Å². The SMILES string of the molecule is COC(=O)N1CCc2ccc(NS(=O)(=O)c3cc(F)ccc3OC)cc2C1. The van der Waals surface area contributed by atoms with Gasteiger partial charge in [0.2, 0.25) is 0 Å². The molecule has 2 aromatic rings. The van der Waals surface area contributed by atoms with Crippen LogP contribution in [0.1, 0.15) is 11.1 Å². The fourth-order valence-electron chi connectivity index (χ4n) is 2.98. The van der Waals surface area contributed by atoms with Gasteiger partial charge in [0, 0.05) is 18.8 Å². The Morgan fingerprint density at radius 2 is 1.93 bits per heavy atom. The highest BCUT2D eigenvalue weighted by molar-refractivity contribution is 7.92. The molecule has 0 spiro atoms. The van der Waals surface area contributed by atoms with E-state index in [2.05, 4.69) is 4.72 Å². The van der Waals surface area contributed by atoms with Gasteiger partial charge in [-0.1, -0.05) is 6.07 Å². The van der Waals surface area contributed by atoms with Crippen LogP contribution in [-0.4, -0.2) is 40.2 Å². The maximum absolute atomic E-state index is 13.5. The Morgan fingerprint density at radius 1 is 1.15 bits per heavy atom. The molecule has 2 aromatic carbocycles. The molecule has 1 N–H and O–H groups in total. The molecular weight excluding hydrogens is 375 g/mol. The number of nitrogens with one attached hydrogen (secondary N) is 1. The number of halogens is 1. The van der Waals surface area contributed by atoms with Crippen LogP contribution in [0.5, 0.6) is 5.75 Å². The zero-order valence-corrected chi connectivity index (χ0v) is 15.7. The molecule has 0 fully saturated rings. The zero-order valence-electron chi connectivity index (χ0n) is 14.9. The summed E-state index contributed by atoms with van der Waals surface area (Å²) in [5, 5.41) is 0. The average molecular weight is 394 g/mol. The molecule has 1 aliphatic heterocycles. The lowest BCUT2D eigenvalue weighted by Gasteiger charge is -2.28. The first kappa shape index (κ1) is 19.0. The second-order valence-corrected chi connectivity index (χ2v) is 7.68. The number of hydrogen-bond acceptors (Lipinski definition) is 5. The van der Waals surface area contributed by atoms with Gasteiger partial charge in [-0.15, -0.1) is 0 Å². The second kappa shape index (κ2) is 7.43. The third-order valence-corrected chi connectivity index (χ3v) is 5.72. The van der Waals surface area contributed by atoms with Crippen molar-refractivity contribution >= 4 is 21.8 Å². The minimum absolute atomic E-state index is 0.0405. The van der Waals surface area contributed by atoms with Crippen LogP contribution in [0.4, 0.5) is 14.9 Å². The van der Waals surface area contributed by atoms with E-state index in [9.17, 15) is 17.6 Å². The van der Waals surface area contributed by atoms with Crippen LogP contribution in [-0.2, 0) is 27.7 Å². The number of benzene rings is 2. The summed E-state index contributed by atoms with van der Waals surface area (Å²) in [6, 6.07) is 8.38. The average Bonchev–Trinajstić information content (AvgIpc) is 2.66. The summed E-state index contributed by atoms with van der Waals surface area (Å²) in [6.07, 6.45) is 0.214. The van der Waals surface area contributed by atoms with Gasteiger partial charge >= 0.3 is 6.09 Å². The Labute approximate surface area is 156 Å². The van der Waals surface area contributed by atoms with E-state index >= 15 is 0 Å². The standard InChI is InChI=1S/C18H19FN2O5S/c1-25-16-6-4-14(19)10-17(16)27(23,24)20-15-5-3-12-7-8-21(18(22)26-2)11-13(12)9-15/h3-6,9-10,20H,7-8,11H2,1-2H3. The van der Waals surface area contributed by atoms with E-state index in [4.69, 9.17) is 9.47 Å². The third kappa shape index (κ3) is 3.97. The number of methoxy groups -OCH3 is 2. The van der Waals surface area contributed by atoms with E-state index in [0.717, 1.165) is 23.3 Å². The van der Waals surface area contributed by atoms with Crippen molar-refractivity contribution in [2.24, 2.45) is 0 Å². The van der Waals surface area contributed by atoms with Crippen molar-refractivity contribution in [1.29, 1.82) is 0 Å². The molecule has 7 nitrogen and oxygen atoms in total. The molecule has 1 amide bonds. The molecule has 3 rings (SSSR count). The van der Waals surface area contributed by atoms with Crippen LogP contribution < -0.4 is 9.46 Å². The first-order valence-corrected chi connectivity index (χ1v) is 9.63. The quantitative estimate of drug-likeness (QED) is 0.862. The van der Waals surface area contributed by atoms with Crippen molar-refractivity contribution in [2.75, 3.05) is 25.5 Å². The summed E-state index contributed by atoms with van der Waals surface area (Å²) in [4.78, 5) is 13.0. The lowest BCUT2D eigenvalue weighted by atomic mass is 9.99. The molecule has 0 radical (unpaired) electrons. The molecule has 0 aliphatic carbocycles. The Bertz CT molecular complexity index is 978. The van der Waals surface area contributed by atoms with Gasteiger partial charge in [-0.2, -0.15) is 0 Å². The van der Waals surface area contributed by atoms with E-state index in [0.29, 0.717) is 25.2 Å². The smallest absolute Gasteiger partial charge is 0.409 e. The largest absolute Gasteiger partial charge is 0.495 e. The number of nitrogens with zero attached hydrogens (tertiary/aromatic N) is 1. The predicted molar refractivity (Wildman–Crippen MR) is 96.7 cm³/mol. The van der Waals surface area contributed by atoms with Crippen LogP contribution in [0.2, 0.25) is 0 Å². The van der Waals surface area contributed by atoms with Crippen molar-refractivity contribution in [2.45, 2.75) is 17.9 Å². The lowest BCUT2D eigenvalue weighted by molar-refractivity contribution is 0.118. The number of sulfonamides is 1. The number of carbonyl (C=O) groups excluding carboxylic acids is 1. The Kier molecular flexibility index (Phi) is 5.22. The van der Waals surface area contributed by atoms with Gasteiger partial charge in [-0.3, -0.25) is 4.72 Å². The van der Waals surface area contributed by atoms with E-state index in [1.807, 2.05) is 6.07 Å². The monoisotopic (exact) mass is 394 g/mol. The highest BCUT2D eigenvalue weighted by Gasteiger charge is 2.24. The highest BCUT2D eigenvalue weighted by Crippen LogP contribution is 2.28. The first-order chi connectivity index (χ1) is 12.8. The number of hydrogen-bond donors (Lipinski definition) is 1. The molecule has 0 unspecified atom stereocenters. The maximum atomic E-state index is 13.5. The molecule has 0 atom stereocenters. The van der Waals surface area contributed by atoms with E-state index in [1.165, 1.54) is 25.2 Å². The van der Waals surface area contributed by atoms with Crippen molar-refractivity contribution in [3.05, 3.63) is 53.3 Å². The van der Waals surface area contributed by atoms with Crippen LogP contribution in [0.25, 0.3) is 0 Å². The number of anilines is 1. The van der Waals surface area contributed by atoms with E-state index in [1.54, 1.807) is 12.1 Å². The Balaban J connectivity index is 1.89. The van der Waals surface area contributed by atoms with Crippen molar-refractivity contribution in [3.8, 4) is 5.75 Å². The normalized spacial score (nSPS) is 13.7. The van der Waals surface area contributed by atoms with Gasteiger partial charge in [0.15, 0.2) is 0 Å². The molecule has 0 saturated heterocycles. The summed E-state index contributed by atoms with van der Waals surface area (Å²) in [6.45, 7) is 0.853. The Hall–Kier alpha value is -2.81. The molecule has 27 heavy (non-hydrogen) atoms. The number of rotatable bonds is 4. The van der Waals surface area contributed by atoms with Crippen molar-refractivity contribution in [1.82, 2.24) is 4.90 Å². The van der Waals surface area contributed by atoms with Crippen molar-refractivity contribution in [3.63, 3.8) is 0 Å². The minimum atomic E-state index is -4.06. The molecule has 144 valence electrons. The summed E-state index contributed by atoms with van der Waals surface area (Å²) in [7, 11) is -1.43. The highest BCUT2D eigenvalue weighted by atomic mass is 32.2. The second-order valence-electron chi connectivity index (χ2n) is 6.03. The van der Waals surface area contributed by atoms with Gasteiger partial charge in [-0.25, -0.2) is 17.6 Å². The van der Waals surface area contributed by atoms with Crippen LogP contribution in [0.3, 0.4) is 0 Å². The molecule has 0 saturated carbocycles. The molecule has 9 heteroatoms. The maximum Gasteiger partial charge on any atom is 0.409 e. The minimum Gasteiger partial charge on any atom is -0.495 e. The predicted octanol–water partition coefficient (Wildman–Crippen LogP) is 2.76. The summed E-state index contributed by atoms with van der Waals surface area (Å²) in [5.74, 6) is -0.644. The van der Waals surface area contributed by atoms with Gasteiger partial charge < -0.3 is 14.4 Å². The zero-order chi connectivity index (χ0) is 19.6. The topological polar surface area (TPSA) is 84.9 Å². The third-order valence-electron chi connectivity index (χ3n) is 4.32. The van der Waals surface area contributed by atoms with Crippen LogP contribution >= 0.6 is 0 Å². The molecule has 1 heterocycles. The Morgan fingerprint density at radius 3 is 2.63 bits per heavy atom. The molecule has 1 aliphatic rings. The van der Waals surface area contributed by atoms with Crippen LogP contribution in [0.15, 0.2) is 41.3 Å². The molecule has 0 bridgehead atoms. The van der Waals surface area contributed by atoms with Gasteiger partial charge in [0.1, 0.15) is 16.5 Å². The van der Waals surface area contributed by atoms with Crippen LogP contribution in [0, 0.1) is 5.82 Å². The summed E-state index contributed by atoms with van der Waals surface area (Å²) in [5.41, 5.74) is 2.16. The van der Waals surface area contributed by atoms with Gasteiger partial charge in [0.25, 0.3) is 10.0 Å². The summed E-state index contributed by atoms with van der Waals surface area (Å²) >= 11 is 0. The number of carbonyl (C=O) groups is 1. The van der Waals surface area contributed by atoms with Gasteiger partial charge in [-0.05, 0) is 47.9 Å². The van der Waals surface area contributed by atoms with Gasteiger partial charge in [0.05, 0.1) is 14.2 Å². The number of amides is 1. The molecule has 0 aromatic heterocycles. The fourth-order valence-corrected chi connectivity index (χ4v) is 4.21. The number of ether oxygens (including phenoxy) is 2. The number of fused-ring (bicyclic) bond motifs is 1. The molecular formula is C18H19FN2O5S. The van der Waals surface area contributed by atoms with Crippen molar-refractivity contribution < 1.29 is 27.1 Å². The lowest BCUT2D eigenvalue weighted by Crippen LogP contribution is -2.35. The fraction of sp³-hybridized carbons (Fsp3) is 0.278.